The Morgan fingerprint density at radius 3 is 2.84 bits per heavy atom. The minimum Gasteiger partial charge on any atom is -0.383 e. The van der Waals surface area contributed by atoms with E-state index in [1.165, 1.54) is 11.3 Å². The van der Waals surface area contributed by atoms with Crippen LogP contribution in [0.5, 0.6) is 0 Å². The zero-order valence-electron chi connectivity index (χ0n) is 9.55. The van der Waals surface area contributed by atoms with E-state index in [0.717, 1.165) is 15.8 Å². The number of halogens is 2. The molecule has 0 amide bonds. The fourth-order valence-corrected chi connectivity index (χ4v) is 3.57. The summed E-state index contributed by atoms with van der Waals surface area (Å²) in [5.74, 6) is 0. The second-order valence-corrected chi connectivity index (χ2v) is 5.99. The number of pyridine rings is 1. The van der Waals surface area contributed by atoms with Crippen LogP contribution in [-0.2, 0) is 0 Å². The first-order valence-corrected chi connectivity index (χ1v) is 7.53. The number of aliphatic hydroxyl groups excluding tert-OH is 1. The van der Waals surface area contributed by atoms with Crippen LogP contribution in [0.4, 0.5) is 0 Å². The number of aromatic nitrogens is 2. The monoisotopic (exact) mass is 354 g/mol. The van der Waals surface area contributed by atoms with Crippen LogP contribution in [0.15, 0.2) is 40.6 Å². The summed E-state index contributed by atoms with van der Waals surface area (Å²) in [6, 6.07) is 7.29. The number of nitrogens with zero attached hydrogens (tertiary/aromatic N) is 2. The molecule has 0 radical (unpaired) electrons. The van der Waals surface area contributed by atoms with Crippen molar-refractivity contribution < 1.29 is 5.11 Å². The van der Waals surface area contributed by atoms with Crippen LogP contribution in [0.3, 0.4) is 0 Å². The third-order valence-corrected chi connectivity index (χ3v) is 4.94. The molecule has 0 aliphatic heterocycles. The molecule has 96 valence electrons. The van der Waals surface area contributed by atoms with E-state index in [2.05, 4.69) is 25.9 Å². The van der Waals surface area contributed by atoms with Gasteiger partial charge in [0.2, 0.25) is 0 Å². The van der Waals surface area contributed by atoms with E-state index in [1.807, 2.05) is 12.1 Å². The Morgan fingerprint density at radius 1 is 1.26 bits per heavy atom. The molecular formula is C13H8BrClN2OS. The number of thiazole rings is 1. The maximum atomic E-state index is 10.5. The Labute approximate surface area is 127 Å². The van der Waals surface area contributed by atoms with Crippen LogP contribution >= 0.6 is 38.9 Å². The van der Waals surface area contributed by atoms with Crippen molar-refractivity contribution in [3.8, 4) is 0 Å². The molecule has 2 aromatic heterocycles. The minimum atomic E-state index is -0.767. The van der Waals surface area contributed by atoms with Crippen molar-refractivity contribution in [2.75, 3.05) is 0 Å². The maximum Gasteiger partial charge on any atom is 0.123 e. The normalized spacial score (nSPS) is 12.8. The average molecular weight is 356 g/mol. The van der Waals surface area contributed by atoms with Crippen molar-refractivity contribution in [1.29, 1.82) is 0 Å². The van der Waals surface area contributed by atoms with Crippen molar-refractivity contribution in [2.24, 2.45) is 0 Å². The second kappa shape index (κ2) is 5.17. The number of aliphatic hydroxyl groups is 1. The number of hydrogen-bond donors (Lipinski definition) is 1. The van der Waals surface area contributed by atoms with Gasteiger partial charge in [-0.3, -0.25) is 4.98 Å². The fourth-order valence-electron chi connectivity index (χ4n) is 1.94. The lowest BCUT2D eigenvalue weighted by Crippen LogP contribution is -2.00. The first-order valence-electron chi connectivity index (χ1n) is 5.48. The largest absolute Gasteiger partial charge is 0.383 e. The van der Waals surface area contributed by atoms with E-state index in [0.29, 0.717) is 15.1 Å². The summed E-state index contributed by atoms with van der Waals surface area (Å²) in [6.45, 7) is 0. The molecule has 3 nitrogen and oxygen atoms in total. The highest BCUT2D eigenvalue weighted by molar-refractivity contribution is 9.10. The van der Waals surface area contributed by atoms with E-state index >= 15 is 0 Å². The van der Waals surface area contributed by atoms with Crippen molar-refractivity contribution in [2.45, 2.75) is 6.10 Å². The van der Waals surface area contributed by atoms with Gasteiger partial charge in [-0.15, -0.1) is 11.3 Å². The lowest BCUT2D eigenvalue weighted by Gasteiger charge is -2.12. The zero-order valence-corrected chi connectivity index (χ0v) is 12.7. The summed E-state index contributed by atoms with van der Waals surface area (Å²) in [5, 5.41) is 12.0. The average Bonchev–Trinajstić information content (AvgIpc) is 2.85. The fraction of sp³-hybridized carbons (Fsp3) is 0.0769. The predicted octanol–water partition coefficient (Wildman–Crippen LogP) is 4.19. The molecule has 3 rings (SSSR count). The number of rotatable bonds is 2. The van der Waals surface area contributed by atoms with Crippen LogP contribution in [0.25, 0.3) is 10.9 Å². The SMILES string of the molecule is OC(c1scnc1Br)c1ccc(Cl)c2cccnc12. The molecule has 19 heavy (non-hydrogen) atoms. The van der Waals surface area contributed by atoms with Crippen LogP contribution < -0.4 is 0 Å². The molecule has 0 spiro atoms. The van der Waals surface area contributed by atoms with Crippen molar-refractivity contribution >= 4 is 49.8 Å². The highest BCUT2D eigenvalue weighted by Gasteiger charge is 2.19. The van der Waals surface area contributed by atoms with Gasteiger partial charge in [0.1, 0.15) is 10.7 Å². The predicted molar refractivity (Wildman–Crippen MR) is 80.6 cm³/mol. The van der Waals surface area contributed by atoms with Gasteiger partial charge in [-0.2, -0.15) is 0 Å². The van der Waals surface area contributed by atoms with Gasteiger partial charge in [0.15, 0.2) is 0 Å². The molecule has 1 aromatic carbocycles. The highest BCUT2D eigenvalue weighted by atomic mass is 79.9. The second-order valence-electron chi connectivity index (χ2n) is 3.95. The summed E-state index contributed by atoms with van der Waals surface area (Å²) in [5.41, 5.74) is 3.13. The van der Waals surface area contributed by atoms with Crippen LogP contribution in [-0.4, -0.2) is 15.1 Å². The molecule has 2 heterocycles. The molecule has 0 saturated heterocycles. The van der Waals surface area contributed by atoms with Crippen molar-refractivity contribution in [3.63, 3.8) is 0 Å². The molecule has 1 N–H and O–H groups in total. The molecule has 0 aliphatic carbocycles. The summed E-state index contributed by atoms with van der Waals surface area (Å²) < 4.78 is 0.657. The third-order valence-electron chi connectivity index (χ3n) is 2.84. The molecule has 0 aliphatic rings. The summed E-state index contributed by atoms with van der Waals surface area (Å²) in [4.78, 5) is 9.18. The summed E-state index contributed by atoms with van der Waals surface area (Å²) in [7, 11) is 0. The zero-order chi connectivity index (χ0) is 13.4. The van der Waals surface area contributed by atoms with Gasteiger partial charge in [-0.25, -0.2) is 4.98 Å². The third kappa shape index (κ3) is 2.27. The molecule has 1 unspecified atom stereocenters. The number of fused-ring (bicyclic) bond motifs is 1. The van der Waals surface area contributed by atoms with Gasteiger partial charge in [0.25, 0.3) is 0 Å². The van der Waals surface area contributed by atoms with E-state index in [4.69, 9.17) is 11.6 Å². The van der Waals surface area contributed by atoms with Crippen molar-refractivity contribution in [3.05, 3.63) is 56.0 Å². The topological polar surface area (TPSA) is 46.0 Å². The number of hydrogen-bond acceptors (Lipinski definition) is 4. The minimum absolute atomic E-state index is 0.627. The Morgan fingerprint density at radius 2 is 2.11 bits per heavy atom. The first kappa shape index (κ1) is 13.0. The number of benzene rings is 1. The molecule has 0 saturated carbocycles. The molecule has 0 fully saturated rings. The Kier molecular flexibility index (Phi) is 3.54. The Hall–Kier alpha value is -1.01. The molecular weight excluding hydrogens is 348 g/mol. The van der Waals surface area contributed by atoms with Gasteiger partial charge < -0.3 is 5.11 Å². The van der Waals surface area contributed by atoms with Gasteiger partial charge in [0, 0.05) is 22.2 Å². The lowest BCUT2D eigenvalue weighted by molar-refractivity contribution is 0.224. The van der Waals surface area contributed by atoms with Gasteiger partial charge >= 0.3 is 0 Å². The van der Waals surface area contributed by atoms with Crippen LogP contribution in [0, 0.1) is 0 Å². The van der Waals surface area contributed by atoms with E-state index < -0.39 is 6.10 Å². The van der Waals surface area contributed by atoms with Crippen molar-refractivity contribution in [1.82, 2.24) is 9.97 Å². The Balaban J connectivity index is 2.21. The molecule has 1 atom stereocenters. The quantitative estimate of drug-likeness (QED) is 0.750. The maximum absolute atomic E-state index is 10.5. The Bertz CT molecular complexity index is 746. The van der Waals surface area contributed by atoms with E-state index in [1.54, 1.807) is 23.8 Å². The van der Waals surface area contributed by atoms with E-state index in [9.17, 15) is 5.11 Å². The molecule has 6 heteroatoms. The highest BCUT2D eigenvalue weighted by Crippen LogP contribution is 2.35. The summed E-state index contributed by atoms with van der Waals surface area (Å²) >= 11 is 10.9. The van der Waals surface area contributed by atoms with Gasteiger partial charge in [-0.05, 0) is 34.1 Å². The summed E-state index contributed by atoms with van der Waals surface area (Å²) in [6.07, 6.45) is 0.924. The first-order chi connectivity index (χ1) is 9.18. The van der Waals surface area contributed by atoms with Gasteiger partial charge in [-0.1, -0.05) is 17.7 Å². The van der Waals surface area contributed by atoms with Crippen LogP contribution in [0.1, 0.15) is 16.5 Å². The van der Waals surface area contributed by atoms with E-state index in [-0.39, 0.29) is 0 Å². The molecule has 0 bridgehead atoms. The van der Waals surface area contributed by atoms with Gasteiger partial charge in [0.05, 0.1) is 15.9 Å². The molecule has 3 aromatic rings. The lowest BCUT2D eigenvalue weighted by atomic mass is 10.0. The smallest absolute Gasteiger partial charge is 0.123 e. The standard InChI is InChI=1S/C13H8BrClN2OS/c14-13-12(19-6-17-13)11(18)8-3-4-9(15)7-2-1-5-16-10(7)8/h1-6,11,18H. The van der Waals surface area contributed by atoms with Crippen LogP contribution in [0.2, 0.25) is 5.02 Å².